The quantitative estimate of drug-likeness (QED) is 0.342. The molecule has 9 nitrogen and oxygen atoms in total. The minimum absolute atomic E-state index is 0.0565. The number of sulfonamides is 1. The summed E-state index contributed by atoms with van der Waals surface area (Å²) in [4.78, 5) is 36.1. The van der Waals surface area contributed by atoms with Gasteiger partial charge in [-0.3, -0.25) is 14.3 Å². The number of halogens is 3. The van der Waals surface area contributed by atoms with Crippen LogP contribution in [0.1, 0.15) is 62.4 Å². The zero-order valence-corrected chi connectivity index (χ0v) is 24.7. The van der Waals surface area contributed by atoms with E-state index in [0.717, 1.165) is 24.8 Å². The first-order valence-corrected chi connectivity index (χ1v) is 15.2. The number of hydrogen-bond acceptors (Lipinski definition) is 5. The van der Waals surface area contributed by atoms with Crippen LogP contribution in [0.15, 0.2) is 53.4 Å². The highest BCUT2D eigenvalue weighted by atomic mass is 32.2. The van der Waals surface area contributed by atoms with Crippen molar-refractivity contribution in [3.8, 4) is 0 Å². The number of likely N-dealkylation sites (tertiary alicyclic amines) is 1. The highest BCUT2D eigenvalue weighted by Crippen LogP contribution is 2.22. The van der Waals surface area contributed by atoms with Crippen LogP contribution in [0.25, 0.3) is 0 Å². The van der Waals surface area contributed by atoms with E-state index in [1.54, 1.807) is 41.3 Å². The summed E-state index contributed by atoms with van der Waals surface area (Å²) in [5.74, 6) is -2.29. The summed E-state index contributed by atoms with van der Waals surface area (Å²) < 4.78 is 59.7. The fourth-order valence-corrected chi connectivity index (χ4v) is 5.23. The zero-order chi connectivity index (χ0) is 31.5. The lowest BCUT2D eigenvalue weighted by molar-refractivity contribution is -0.192. The van der Waals surface area contributed by atoms with Gasteiger partial charge in [0.15, 0.2) is 0 Å². The zero-order valence-electron chi connectivity index (χ0n) is 23.9. The molecular formula is C29H38F3N3O6S. The Kier molecular flexibility index (Phi) is 12.8. The first-order valence-electron chi connectivity index (χ1n) is 13.7. The van der Waals surface area contributed by atoms with E-state index in [1.807, 2.05) is 12.1 Å². The molecule has 0 radical (unpaired) electrons. The van der Waals surface area contributed by atoms with Crippen molar-refractivity contribution in [3.05, 3.63) is 59.7 Å². The van der Waals surface area contributed by atoms with Gasteiger partial charge in [0.1, 0.15) is 0 Å². The van der Waals surface area contributed by atoms with Crippen molar-refractivity contribution in [3.63, 3.8) is 0 Å². The van der Waals surface area contributed by atoms with Gasteiger partial charge in [0.25, 0.3) is 15.9 Å². The standard InChI is InChI=1S/C27H37N3O4S.C2HF3O2/c1-4-5-21-6-12-25(13-7-21)35(33,34)29-24-10-8-23(9-11-24)27(32)30-18-15-22(16-19-30)26(31)28-17-14-20(2)3;3-2(4,5)1(6)7/h6-13,20,22,29H,4-5,14-19H2,1-3H3,(H,28,31);(H,6,7). The topological polar surface area (TPSA) is 133 Å². The summed E-state index contributed by atoms with van der Waals surface area (Å²) in [5, 5.41) is 10.1. The third-order valence-electron chi connectivity index (χ3n) is 6.57. The fourth-order valence-electron chi connectivity index (χ4n) is 4.17. The first kappa shape index (κ1) is 34.6. The summed E-state index contributed by atoms with van der Waals surface area (Å²) in [5.41, 5.74) is 2.00. The van der Waals surface area contributed by atoms with Gasteiger partial charge in [-0.1, -0.05) is 39.3 Å². The molecule has 2 amide bonds. The number of hydrogen-bond donors (Lipinski definition) is 3. The highest BCUT2D eigenvalue weighted by Gasteiger charge is 2.38. The lowest BCUT2D eigenvalue weighted by Crippen LogP contribution is -2.43. The highest BCUT2D eigenvalue weighted by molar-refractivity contribution is 7.92. The van der Waals surface area contributed by atoms with Gasteiger partial charge < -0.3 is 15.3 Å². The Morgan fingerprint density at radius 3 is 2.02 bits per heavy atom. The van der Waals surface area contributed by atoms with E-state index < -0.39 is 22.2 Å². The van der Waals surface area contributed by atoms with Crippen molar-refractivity contribution >= 4 is 33.5 Å². The SMILES string of the molecule is CCCc1ccc(S(=O)(=O)Nc2ccc(C(=O)N3CCC(C(=O)NCCC(C)C)CC3)cc2)cc1.O=C(O)C(F)(F)F. The number of carbonyl (C=O) groups excluding carboxylic acids is 2. The Morgan fingerprint density at radius 1 is 1.00 bits per heavy atom. The lowest BCUT2D eigenvalue weighted by atomic mass is 9.95. The lowest BCUT2D eigenvalue weighted by Gasteiger charge is -2.31. The summed E-state index contributed by atoms with van der Waals surface area (Å²) in [7, 11) is -3.71. The molecule has 42 heavy (non-hydrogen) atoms. The van der Waals surface area contributed by atoms with Gasteiger partial charge in [-0.25, -0.2) is 13.2 Å². The Labute approximate surface area is 244 Å². The largest absolute Gasteiger partial charge is 0.490 e. The number of piperidine rings is 1. The van der Waals surface area contributed by atoms with Crippen LogP contribution < -0.4 is 10.0 Å². The van der Waals surface area contributed by atoms with Crippen molar-refractivity contribution in [2.24, 2.45) is 11.8 Å². The Morgan fingerprint density at radius 2 is 1.55 bits per heavy atom. The summed E-state index contributed by atoms with van der Waals surface area (Å²) >= 11 is 0. The average molecular weight is 614 g/mol. The molecule has 0 atom stereocenters. The molecule has 0 aliphatic carbocycles. The van der Waals surface area contributed by atoms with Crippen LogP contribution in [0.5, 0.6) is 0 Å². The van der Waals surface area contributed by atoms with E-state index in [4.69, 9.17) is 9.90 Å². The molecule has 13 heteroatoms. The normalized spacial score (nSPS) is 14.1. The van der Waals surface area contributed by atoms with Gasteiger partial charge in [-0.15, -0.1) is 0 Å². The Bertz CT molecular complexity index is 1290. The van der Waals surface area contributed by atoms with Crippen molar-refractivity contribution in [2.75, 3.05) is 24.4 Å². The number of rotatable bonds is 10. The number of benzene rings is 2. The number of carbonyl (C=O) groups is 3. The monoisotopic (exact) mass is 613 g/mol. The van der Waals surface area contributed by atoms with Gasteiger partial charge in [0.2, 0.25) is 5.91 Å². The molecule has 0 spiro atoms. The number of carboxylic acids is 1. The second-order valence-electron chi connectivity index (χ2n) is 10.4. The molecule has 1 heterocycles. The van der Waals surface area contributed by atoms with Crippen LogP contribution in [0, 0.1) is 11.8 Å². The van der Waals surface area contributed by atoms with E-state index in [1.165, 1.54) is 0 Å². The van der Waals surface area contributed by atoms with Crippen LogP contribution in [0.4, 0.5) is 18.9 Å². The van der Waals surface area contributed by atoms with Crippen molar-refractivity contribution in [1.29, 1.82) is 0 Å². The molecule has 3 N–H and O–H groups in total. The number of nitrogens with zero attached hydrogens (tertiary/aromatic N) is 1. The van der Waals surface area contributed by atoms with E-state index in [0.29, 0.717) is 49.6 Å². The molecular weight excluding hydrogens is 575 g/mol. The number of aliphatic carboxylic acids is 1. The van der Waals surface area contributed by atoms with Gasteiger partial charge in [-0.05, 0) is 73.6 Å². The third kappa shape index (κ3) is 11.0. The molecule has 1 saturated heterocycles. The smallest absolute Gasteiger partial charge is 0.475 e. The molecule has 0 saturated carbocycles. The molecule has 0 unspecified atom stereocenters. The molecule has 1 aliphatic heterocycles. The maximum Gasteiger partial charge on any atom is 0.490 e. The number of amides is 2. The second kappa shape index (κ2) is 15.6. The van der Waals surface area contributed by atoms with Crippen LogP contribution in [0.3, 0.4) is 0 Å². The van der Waals surface area contributed by atoms with Crippen LogP contribution in [0.2, 0.25) is 0 Å². The van der Waals surface area contributed by atoms with Gasteiger partial charge in [0, 0.05) is 36.8 Å². The van der Waals surface area contributed by atoms with E-state index in [2.05, 4.69) is 30.8 Å². The number of carboxylic acid groups (broad SMARTS) is 1. The number of anilines is 1. The predicted octanol–water partition coefficient (Wildman–Crippen LogP) is 5.09. The molecule has 2 aromatic carbocycles. The summed E-state index contributed by atoms with van der Waals surface area (Å²) in [6.07, 6.45) is -0.920. The van der Waals surface area contributed by atoms with Crippen molar-refractivity contribution in [2.45, 2.75) is 63.9 Å². The van der Waals surface area contributed by atoms with Crippen molar-refractivity contribution < 1.29 is 41.1 Å². The Balaban J connectivity index is 0.000000782. The molecule has 1 aliphatic rings. The van der Waals surface area contributed by atoms with E-state index in [-0.39, 0.29) is 22.6 Å². The van der Waals surface area contributed by atoms with Gasteiger partial charge in [-0.2, -0.15) is 13.2 Å². The van der Waals surface area contributed by atoms with Crippen LogP contribution >= 0.6 is 0 Å². The minimum Gasteiger partial charge on any atom is -0.475 e. The van der Waals surface area contributed by atoms with Gasteiger partial charge in [0.05, 0.1) is 4.90 Å². The summed E-state index contributed by atoms with van der Waals surface area (Å²) in [6, 6.07) is 13.4. The van der Waals surface area contributed by atoms with E-state index >= 15 is 0 Å². The maximum absolute atomic E-state index is 12.9. The number of alkyl halides is 3. The molecule has 2 aromatic rings. The summed E-state index contributed by atoms with van der Waals surface area (Å²) in [6.45, 7) is 8.09. The number of nitrogens with one attached hydrogen (secondary N) is 2. The van der Waals surface area contributed by atoms with Crippen LogP contribution in [-0.4, -0.2) is 62.0 Å². The second-order valence-corrected chi connectivity index (χ2v) is 12.1. The fraction of sp³-hybridized carbons (Fsp3) is 0.483. The maximum atomic E-state index is 12.9. The average Bonchev–Trinajstić information content (AvgIpc) is 2.93. The van der Waals surface area contributed by atoms with Gasteiger partial charge >= 0.3 is 12.1 Å². The molecule has 0 aromatic heterocycles. The van der Waals surface area contributed by atoms with Crippen LogP contribution in [-0.2, 0) is 26.0 Å². The number of aryl methyl sites for hydroxylation is 1. The minimum atomic E-state index is -5.08. The Hall–Kier alpha value is -3.61. The molecule has 0 bridgehead atoms. The van der Waals surface area contributed by atoms with Crippen molar-refractivity contribution in [1.82, 2.24) is 10.2 Å². The van der Waals surface area contributed by atoms with E-state index in [9.17, 15) is 31.2 Å². The third-order valence-corrected chi connectivity index (χ3v) is 7.97. The molecule has 3 rings (SSSR count). The predicted molar refractivity (Wildman–Crippen MR) is 152 cm³/mol. The molecule has 232 valence electrons. The molecule has 1 fully saturated rings. The first-order chi connectivity index (χ1) is 19.6.